The van der Waals surface area contributed by atoms with Crippen LogP contribution in [0.2, 0.25) is 0 Å². The average molecular weight is 268 g/mol. The minimum atomic E-state index is 0.722. The van der Waals surface area contributed by atoms with Crippen molar-refractivity contribution in [3.63, 3.8) is 0 Å². The molecule has 0 spiro atoms. The molecular weight excluding hydrogens is 248 g/mol. The summed E-state index contributed by atoms with van der Waals surface area (Å²) in [5.74, 6) is 1.63. The maximum atomic E-state index is 4.74. The van der Waals surface area contributed by atoms with E-state index in [0.717, 1.165) is 43.1 Å². The lowest BCUT2D eigenvalue weighted by Gasteiger charge is -2.23. The highest BCUT2D eigenvalue weighted by Gasteiger charge is 2.19. The van der Waals surface area contributed by atoms with Crippen molar-refractivity contribution in [2.45, 2.75) is 25.7 Å². The molecule has 20 heavy (non-hydrogen) atoms. The fraction of sp³-hybridized carbons (Fsp3) is 0.438. The van der Waals surface area contributed by atoms with E-state index in [-0.39, 0.29) is 0 Å². The Morgan fingerprint density at radius 2 is 2.30 bits per heavy atom. The van der Waals surface area contributed by atoms with Gasteiger partial charge in [-0.25, -0.2) is 9.97 Å². The molecule has 2 aromatic rings. The molecule has 0 aliphatic heterocycles. The number of aromatic nitrogens is 3. The van der Waals surface area contributed by atoms with Crippen LogP contribution in [0.15, 0.2) is 30.7 Å². The van der Waals surface area contributed by atoms with Crippen molar-refractivity contribution in [2.24, 2.45) is 5.92 Å². The quantitative estimate of drug-likeness (QED) is 0.918. The molecular formula is C16H20N4. The second-order valence-corrected chi connectivity index (χ2v) is 5.46. The number of fused-ring (bicyclic) bond motifs is 1. The lowest BCUT2D eigenvalue weighted by atomic mass is 9.87. The SMILES string of the molecule is CNCC1CCc2nc(Cc3cccnc3)ncc2C1. The monoisotopic (exact) mass is 268 g/mol. The molecule has 4 nitrogen and oxygen atoms in total. The number of hydrogen-bond acceptors (Lipinski definition) is 4. The molecule has 4 heteroatoms. The first-order valence-corrected chi connectivity index (χ1v) is 7.22. The van der Waals surface area contributed by atoms with Crippen LogP contribution in [0.3, 0.4) is 0 Å². The lowest BCUT2D eigenvalue weighted by Crippen LogP contribution is -2.25. The van der Waals surface area contributed by atoms with Gasteiger partial charge < -0.3 is 5.32 Å². The number of rotatable bonds is 4. The molecule has 3 rings (SSSR count). The van der Waals surface area contributed by atoms with Gasteiger partial charge in [-0.1, -0.05) is 6.07 Å². The van der Waals surface area contributed by atoms with Crippen molar-refractivity contribution < 1.29 is 0 Å². The van der Waals surface area contributed by atoms with Crippen molar-refractivity contribution in [1.82, 2.24) is 20.3 Å². The summed E-state index contributed by atoms with van der Waals surface area (Å²) in [6, 6.07) is 4.02. The number of aryl methyl sites for hydroxylation is 1. The van der Waals surface area contributed by atoms with Crippen LogP contribution in [0, 0.1) is 5.92 Å². The summed E-state index contributed by atoms with van der Waals surface area (Å²) in [6.45, 7) is 1.08. The predicted molar refractivity (Wildman–Crippen MR) is 78.5 cm³/mol. The highest BCUT2D eigenvalue weighted by molar-refractivity contribution is 5.23. The van der Waals surface area contributed by atoms with E-state index in [1.165, 1.54) is 17.7 Å². The van der Waals surface area contributed by atoms with Crippen LogP contribution in [0.5, 0.6) is 0 Å². The molecule has 0 radical (unpaired) electrons. The zero-order chi connectivity index (χ0) is 13.8. The van der Waals surface area contributed by atoms with Crippen molar-refractivity contribution in [3.8, 4) is 0 Å². The summed E-state index contributed by atoms with van der Waals surface area (Å²) in [5.41, 5.74) is 3.73. The average Bonchev–Trinajstić information content (AvgIpc) is 2.49. The molecule has 0 aromatic carbocycles. The van der Waals surface area contributed by atoms with Crippen molar-refractivity contribution in [2.75, 3.05) is 13.6 Å². The summed E-state index contributed by atoms with van der Waals surface area (Å²) in [5, 5.41) is 3.26. The van der Waals surface area contributed by atoms with E-state index in [2.05, 4.69) is 21.4 Å². The van der Waals surface area contributed by atoms with Gasteiger partial charge in [-0.05, 0) is 56.0 Å². The third kappa shape index (κ3) is 3.02. The highest BCUT2D eigenvalue weighted by Crippen LogP contribution is 2.23. The standard InChI is InChI=1S/C16H20N4/c1-17-9-13-4-5-15-14(7-13)11-19-16(20-15)8-12-3-2-6-18-10-12/h2-3,6,10-11,13,17H,4-5,7-9H2,1H3. The van der Waals surface area contributed by atoms with Crippen molar-refractivity contribution >= 4 is 0 Å². The fourth-order valence-electron chi connectivity index (χ4n) is 2.86. The van der Waals surface area contributed by atoms with Crippen LogP contribution in [0.4, 0.5) is 0 Å². The summed E-state index contributed by atoms with van der Waals surface area (Å²) in [7, 11) is 2.02. The van der Waals surface area contributed by atoms with E-state index in [9.17, 15) is 0 Å². The van der Waals surface area contributed by atoms with Gasteiger partial charge in [0, 0.05) is 30.7 Å². The van der Waals surface area contributed by atoms with Crippen molar-refractivity contribution in [3.05, 3.63) is 53.4 Å². The first-order valence-electron chi connectivity index (χ1n) is 7.22. The third-order valence-electron chi connectivity index (χ3n) is 3.88. The van der Waals surface area contributed by atoms with Crippen LogP contribution in [0.25, 0.3) is 0 Å². The van der Waals surface area contributed by atoms with Crippen LogP contribution >= 0.6 is 0 Å². The van der Waals surface area contributed by atoms with Gasteiger partial charge in [-0.2, -0.15) is 0 Å². The van der Waals surface area contributed by atoms with E-state index < -0.39 is 0 Å². The lowest BCUT2D eigenvalue weighted by molar-refractivity contribution is 0.433. The molecule has 0 amide bonds. The molecule has 0 bridgehead atoms. The number of hydrogen-bond donors (Lipinski definition) is 1. The topological polar surface area (TPSA) is 50.7 Å². The molecule has 0 fully saturated rings. The van der Waals surface area contributed by atoms with E-state index in [1.54, 1.807) is 6.20 Å². The Labute approximate surface area is 119 Å². The number of nitrogens with one attached hydrogen (secondary N) is 1. The second-order valence-electron chi connectivity index (χ2n) is 5.46. The van der Waals surface area contributed by atoms with Gasteiger partial charge in [-0.3, -0.25) is 4.98 Å². The summed E-state index contributed by atoms with van der Waals surface area (Å²) in [4.78, 5) is 13.4. The smallest absolute Gasteiger partial charge is 0.132 e. The van der Waals surface area contributed by atoms with Crippen LogP contribution in [0.1, 0.15) is 29.1 Å². The van der Waals surface area contributed by atoms with E-state index >= 15 is 0 Å². The molecule has 2 aromatic heterocycles. The Hall–Kier alpha value is -1.81. The van der Waals surface area contributed by atoms with Gasteiger partial charge in [0.25, 0.3) is 0 Å². The molecule has 2 heterocycles. The number of pyridine rings is 1. The van der Waals surface area contributed by atoms with Gasteiger partial charge in [-0.15, -0.1) is 0 Å². The molecule has 0 saturated heterocycles. The zero-order valence-electron chi connectivity index (χ0n) is 11.8. The van der Waals surface area contributed by atoms with Gasteiger partial charge in [0.1, 0.15) is 5.82 Å². The number of nitrogens with zero attached hydrogens (tertiary/aromatic N) is 3. The molecule has 1 aliphatic carbocycles. The largest absolute Gasteiger partial charge is 0.319 e. The van der Waals surface area contributed by atoms with E-state index in [4.69, 9.17) is 4.98 Å². The van der Waals surface area contributed by atoms with Crippen LogP contribution in [-0.2, 0) is 19.3 Å². The third-order valence-corrected chi connectivity index (χ3v) is 3.88. The molecule has 1 aliphatic rings. The van der Waals surface area contributed by atoms with Gasteiger partial charge in [0.05, 0.1) is 0 Å². The maximum absolute atomic E-state index is 4.74. The molecule has 1 unspecified atom stereocenters. The minimum Gasteiger partial charge on any atom is -0.319 e. The Kier molecular flexibility index (Phi) is 4.02. The van der Waals surface area contributed by atoms with Crippen LogP contribution < -0.4 is 5.32 Å². The Bertz CT molecular complexity index is 568. The Morgan fingerprint density at radius 1 is 1.35 bits per heavy atom. The van der Waals surface area contributed by atoms with Crippen molar-refractivity contribution in [1.29, 1.82) is 0 Å². The molecule has 0 saturated carbocycles. The first-order chi connectivity index (χ1) is 9.85. The molecule has 1 N–H and O–H groups in total. The highest BCUT2D eigenvalue weighted by atomic mass is 14.9. The van der Waals surface area contributed by atoms with Gasteiger partial charge in [0.2, 0.25) is 0 Å². The first kappa shape index (κ1) is 13.2. The fourth-order valence-corrected chi connectivity index (χ4v) is 2.86. The summed E-state index contributed by atoms with van der Waals surface area (Å²) >= 11 is 0. The van der Waals surface area contributed by atoms with Gasteiger partial charge in [0.15, 0.2) is 0 Å². The van der Waals surface area contributed by atoms with E-state index in [0.29, 0.717) is 0 Å². The van der Waals surface area contributed by atoms with Crippen LogP contribution in [-0.4, -0.2) is 28.5 Å². The predicted octanol–water partition coefficient (Wildman–Crippen LogP) is 1.79. The minimum absolute atomic E-state index is 0.722. The zero-order valence-corrected chi connectivity index (χ0v) is 11.8. The van der Waals surface area contributed by atoms with E-state index in [1.807, 2.05) is 25.5 Å². The maximum Gasteiger partial charge on any atom is 0.132 e. The molecule has 104 valence electrons. The summed E-state index contributed by atoms with van der Waals surface area (Å²) < 4.78 is 0. The normalized spacial score (nSPS) is 17.8. The second kappa shape index (κ2) is 6.09. The van der Waals surface area contributed by atoms with Gasteiger partial charge >= 0.3 is 0 Å². The molecule has 1 atom stereocenters. The Balaban J connectivity index is 1.74. The Morgan fingerprint density at radius 3 is 3.10 bits per heavy atom. The summed E-state index contributed by atoms with van der Waals surface area (Å²) in [6.07, 6.45) is 9.85.